The Labute approximate surface area is 233 Å². The summed E-state index contributed by atoms with van der Waals surface area (Å²) in [6, 6.07) is 12.5. The van der Waals surface area contributed by atoms with Crippen LogP contribution in [0.4, 0.5) is 0 Å². The Balaban J connectivity index is 1.71. The molecule has 5 N–H and O–H groups in total. The molecule has 2 aromatic carbocycles. The zero-order valence-corrected chi connectivity index (χ0v) is 22.9. The van der Waals surface area contributed by atoms with E-state index in [1.165, 1.54) is 11.0 Å². The highest BCUT2D eigenvalue weighted by Gasteiger charge is 2.30. The minimum atomic E-state index is -1.79. The molecule has 2 atom stereocenters. The Morgan fingerprint density at radius 3 is 2.17 bits per heavy atom. The van der Waals surface area contributed by atoms with Gasteiger partial charge in [-0.2, -0.15) is 0 Å². The number of carbonyl (C=O) groups excluding carboxylic acids is 3. The van der Waals surface area contributed by atoms with Crippen LogP contribution in [0.3, 0.4) is 0 Å². The molecule has 0 saturated carbocycles. The lowest BCUT2D eigenvalue weighted by Gasteiger charge is -2.24. The average Bonchev–Trinajstić information content (AvgIpc) is 3.48. The van der Waals surface area contributed by atoms with E-state index in [-0.39, 0.29) is 12.5 Å². The first kappa shape index (κ1) is 30.4. The van der Waals surface area contributed by atoms with Gasteiger partial charge >= 0.3 is 7.12 Å². The molecule has 212 valence electrons. The Bertz CT molecular complexity index is 1240. The third-order valence-electron chi connectivity index (χ3n) is 6.28. The van der Waals surface area contributed by atoms with Crippen molar-refractivity contribution in [2.75, 3.05) is 6.54 Å². The van der Waals surface area contributed by atoms with Crippen molar-refractivity contribution in [2.24, 2.45) is 5.92 Å². The molecule has 0 spiro atoms. The second-order valence-corrected chi connectivity index (χ2v) is 10.00. The van der Waals surface area contributed by atoms with Crippen molar-refractivity contribution >= 4 is 24.8 Å². The number of benzene rings is 2. The van der Waals surface area contributed by atoms with E-state index in [0.717, 1.165) is 24.8 Å². The maximum atomic E-state index is 13.2. The Kier molecular flexibility index (Phi) is 11.3. The van der Waals surface area contributed by atoms with E-state index in [4.69, 9.17) is 0 Å². The van der Waals surface area contributed by atoms with E-state index in [1.807, 2.05) is 26.0 Å². The second kappa shape index (κ2) is 14.9. The summed E-state index contributed by atoms with van der Waals surface area (Å²) >= 11 is 0. The van der Waals surface area contributed by atoms with Crippen molar-refractivity contribution in [2.45, 2.75) is 58.4 Å². The molecule has 1 heterocycles. The van der Waals surface area contributed by atoms with Gasteiger partial charge in [-0.1, -0.05) is 39.3 Å². The number of nitrogens with one attached hydrogen (secondary N) is 3. The molecule has 3 rings (SSSR count). The highest BCUT2D eigenvalue weighted by atomic mass is 16.4. The first-order valence-electron chi connectivity index (χ1n) is 13.4. The largest absolute Gasteiger partial charge is 0.475 e. The summed E-state index contributed by atoms with van der Waals surface area (Å²) in [7, 11) is -1.79. The minimum Gasteiger partial charge on any atom is -0.426 e. The first-order chi connectivity index (χ1) is 19.2. The quantitative estimate of drug-likeness (QED) is 0.186. The molecule has 0 fully saturated rings. The number of aryl methyl sites for hydroxylation is 1. The summed E-state index contributed by atoms with van der Waals surface area (Å²) in [6.07, 6.45) is 4.75. The molecule has 13 heteroatoms. The topological polar surface area (TPSA) is 171 Å². The molecule has 0 saturated heterocycles. The smallest absolute Gasteiger partial charge is 0.426 e. The molecular formula is C27H36BN7O5. The van der Waals surface area contributed by atoms with E-state index in [9.17, 15) is 24.4 Å². The van der Waals surface area contributed by atoms with E-state index in [1.54, 1.807) is 36.4 Å². The third-order valence-corrected chi connectivity index (χ3v) is 6.28. The molecule has 40 heavy (non-hydrogen) atoms. The Hall–Kier alpha value is -4.10. The van der Waals surface area contributed by atoms with Gasteiger partial charge in [-0.15, -0.1) is 5.10 Å². The van der Waals surface area contributed by atoms with E-state index in [0.29, 0.717) is 23.2 Å². The summed E-state index contributed by atoms with van der Waals surface area (Å²) in [6.45, 7) is 5.65. The number of unbranched alkanes of at least 4 members (excludes halogenated alkanes) is 1. The van der Waals surface area contributed by atoms with Gasteiger partial charge in [-0.25, -0.2) is 4.68 Å². The van der Waals surface area contributed by atoms with Gasteiger partial charge < -0.3 is 26.0 Å². The van der Waals surface area contributed by atoms with Gasteiger partial charge in [-0.05, 0) is 77.6 Å². The van der Waals surface area contributed by atoms with Crippen LogP contribution in [0.15, 0.2) is 54.9 Å². The molecule has 0 aliphatic heterocycles. The number of amides is 3. The summed E-state index contributed by atoms with van der Waals surface area (Å²) in [5, 5.41) is 38.4. The van der Waals surface area contributed by atoms with Gasteiger partial charge in [0.05, 0.1) is 11.6 Å². The van der Waals surface area contributed by atoms with Crippen LogP contribution in [0, 0.1) is 5.92 Å². The summed E-state index contributed by atoms with van der Waals surface area (Å²) < 4.78 is 1.44. The number of carbonyl (C=O) groups is 3. The van der Waals surface area contributed by atoms with Crippen molar-refractivity contribution in [3.05, 3.63) is 71.5 Å². The molecule has 0 aliphatic rings. The van der Waals surface area contributed by atoms with Crippen molar-refractivity contribution in [1.82, 2.24) is 36.2 Å². The number of hydrogen-bond acceptors (Lipinski definition) is 8. The third kappa shape index (κ3) is 8.99. The predicted octanol–water partition coefficient (Wildman–Crippen LogP) is 1.08. The van der Waals surface area contributed by atoms with Crippen LogP contribution in [0.25, 0.3) is 5.69 Å². The van der Waals surface area contributed by atoms with Crippen molar-refractivity contribution in [1.29, 1.82) is 0 Å². The van der Waals surface area contributed by atoms with Crippen LogP contribution in [0.1, 0.15) is 66.3 Å². The maximum absolute atomic E-state index is 13.2. The molecule has 0 radical (unpaired) electrons. The fourth-order valence-electron chi connectivity index (χ4n) is 4.04. The van der Waals surface area contributed by atoms with Crippen LogP contribution >= 0.6 is 0 Å². The number of rotatable bonds is 14. The number of aromatic nitrogens is 4. The first-order valence-corrected chi connectivity index (χ1v) is 13.4. The van der Waals surface area contributed by atoms with Crippen LogP contribution in [-0.2, 0) is 11.2 Å². The van der Waals surface area contributed by atoms with Gasteiger partial charge in [0.25, 0.3) is 11.8 Å². The highest BCUT2D eigenvalue weighted by Crippen LogP contribution is 2.10. The fourth-order valence-corrected chi connectivity index (χ4v) is 4.04. The lowest BCUT2D eigenvalue weighted by Crippen LogP contribution is -2.57. The highest BCUT2D eigenvalue weighted by molar-refractivity contribution is 6.43. The van der Waals surface area contributed by atoms with Crippen LogP contribution < -0.4 is 16.0 Å². The van der Waals surface area contributed by atoms with Crippen LogP contribution in [0.5, 0.6) is 0 Å². The maximum Gasteiger partial charge on any atom is 0.475 e. The van der Waals surface area contributed by atoms with Gasteiger partial charge in [0.1, 0.15) is 12.4 Å². The lowest BCUT2D eigenvalue weighted by molar-refractivity contribution is -0.123. The van der Waals surface area contributed by atoms with Gasteiger partial charge in [-0.3, -0.25) is 14.4 Å². The molecule has 3 aromatic rings. The lowest BCUT2D eigenvalue weighted by atomic mass is 9.75. The molecule has 0 unspecified atom stereocenters. The minimum absolute atomic E-state index is 0.0716. The van der Waals surface area contributed by atoms with Crippen molar-refractivity contribution < 1.29 is 24.4 Å². The predicted molar refractivity (Wildman–Crippen MR) is 149 cm³/mol. The molecule has 0 aliphatic carbocycles. The van der Waals surface area contributed by atoms with Crippen LogP contribution in [0.2, 0.25) is 0 Å². The zero-order chi connectivity index (χ0) is 29.1. The number of tetrazole rings is 1. The monoisotopic (exact) mass is 549 g/mol. The number of nitrogens with zero attached hydrogens (tertiary/aromatic N) is 4. The Morgan fingerprint density at radius 2 is 1.60 bits per heavy atom. The fraction of sp³-hybridized carbons (Fsp3) is 0.407. The Morgan fingerprint density at radius 1 is 0.950 bits per heavy atom. The van der Waals surface area contributed by atoms with Gasteiger partial charge in [0.15, 0.2) is 0 Å². The molecular weight excluding hydrogens is 513 g/mol. The zero-order valence-electron chi connectivity index (χ0n) is 22.9. The summed E-state index contributed by atoms with van der Waals surface area (Å²) in [5.41, 5.74) is 2.46. The van der Waals surface area contributed by atoms with Crippen molar-refractivity contribution in [3.63, 3.8) is 0 Å². The van der Waals surface area contributed by atoms with Crippen molar-refractivity contribution in [3.8, 4) is 5.69 Å². The second-order valence-electron chi connectivity index (χ2n) is 10.00. The van der Waals surface area contributed by atoms with E-state index < -0.39 is 36.8 Å². The molecule has 3 amide bonds. The molecule has 0 bridgehead atoms. The molecule has 12 nitrogen and oxygen atoms in total. The van der Waals surface area contributed by atoms with E-state index >= 15 is 0 Å². The van der Waals surface area contributed by atoms with E-state index in [2.05, 4.69) is 38.4 Å². The standard InChI is InChI=1S/C27H36BN7O5/c1-4-5-6-19-7-9-21(10-8-19)26(37)31-23(27(38)32-24(28(39)40)15-18(2)3)16-29-25(36)20-11-13-22(14-12-20)35-17-30-33-34-35/h7-14,17-18,23-24,39-40H,4-6,15-16H2,1-3H3,(H,29,36)(H,31,37)(H,32,38)/t23-,24-/m0/s1. The average molecular weight is 549 g/mol. The molecule has 1 aromatic heterocycles. The van der Waals surface area contributed by atoms with Crippen LogP contribution in [-0.4, -0.2) is 73.6 Å². The van der Waals surface area contributed by atoms with Gasteiger partial charge in [0.2, 0.25) is 5.91 Å². The summed E-state index contributed by atoms with van der Waals surface area (Å²) in [5.74, 6) is -2.48. The summed E-state index contributed by atoms with van der Waals surface area (Å²) in [4.78, 5) is 39.1. The van der Waals surface area contributed by atoms with Gasteiger partial charge in [0, 0.05) is 17.7 Å². The normalized spacial score (nSPS) is 12.4. The number of hydrogen-bond donors (Lipinski definition) is 5. The SMILES string of the molecule is CCCCc1ccc(C(=O)N[C@@H](CNC(=O)c2ccc(-n3cnnn3)cc2)C(=O)N[C@@H](CC(C)C)B(O)O)cc1.